The lowest BCUT2D eigenvalue weighted by atomic mass is 9.99. The van der Waals surface area contributed by atoms with Gasteiger partial charge in [0, 0.05) is 12.8 Å². The molecule has 1 fully saturated rings. The third-order valence-corrected chi connectivity index (χ3v) is 5.99. The topological polar surface area (TPSA) is 152 Å². The highest BCUT2D eigenvalue weighted by Gasteiger charge is 2.44. The van der Waals surface area contributed by atoms with Gasteiger partial charge in [0.05, 0.1) is 13.2 Å². The highest BCUT2D eigenvalue weighted by Crippen LogP contribution is 2.22. The van der Waals surface area contributed by atoms with Crippen molar-refractivity contribution in [3.05, 3.63) is 0 Å². The first kappa shape index (κ1) is 31.7. The van der Waals surface area contributed by atoms with E-state index in [-0.39, 0.29) is 26.1 Å². The average Bonchev–Trinajstić information content (AvgIpc) is 2.85. The van der Waals surface area contributed by atoms with Crippen LogP contribution in [-0.4, -0.2) is 89.0 Å². The van der Waals surface area contributed by atoms with E-state index in [1.54, 1.807) is 0 Å². The molecule has 0 amide bonds. The molecule has 206 valence electrons. The van der Waals surface area contributed by atoms with Crippen molar-refractivity contribution in [2.24, 2.45) is 0 Å². The fraction of sp³-hybridized carbons (Fsp3) is 0.920. The van der Waals surface area contributed by atoms with Crippen LogP contribution in [0.5, 0.6) is 0 Å². The molecule has 10 nitrogen and oxygen atoms in total. The number of unbranched alkanes of at least 4 members (excludes halogenated alkanes) is 8. The van der Waals surface area contributed by atoms with Crippen LogP contribution in [0.3, 0.4) is 0 Å². The second kappa shape index (κ2) is 18.9. The molecule has 0 aromatic carbocycles. The number of hydrogen-bond donors (Lipinski definition) is 4. The van der Waals surface area contributed by atoms with E-state index in [1.807, 2.05) is 0 Å². The lowest BCUT2D eigenvalue weighted by Gasteiger charge is -2.39. The Bertz CT molecular complexity index is 570. The Hall–Kier alpha value is -1.30. The minimum atomic E-state index is -1.58. The van der Waals surface area contributed by atoms with Crippen LogP contribution in [0.1, 0.15) is 90.9 Å². The van der Waals surface area contributed by atoms with Crippen molar-refractivity contribution in [1.29, 1.82) is 0 Å². The zero-order chi connectivity index (χ0) is 26.1. The zero-order valence-electron chi connectivity index (χ0n) is 21.3. The summed E-state index contributed by atoms with van der Waals surface area (Å²) >= 11 is 0. The molecule has 0 aliphatic carbocycles. The largest absolute Gasteiger partial charge is 0.462 e. The van der Waals surface area contributed by atoms with Crippen molar-refractivity contribution in [3.8, 4) is 0 Å². The molecular weight excluding hydrogens is 460 g/mol. The number of rotatable bonds is 19. The van der Waals surface area contributed by atoms with Crippen LogP contribution in [0, 0.1) is 0 Å². The Morgan fingerprint density at radius 2 is 1.34 bits per heavy atom. The van der Waals surface area contributed by atoms with E-state index in [1.165, 1.54) is 0 Å². The van der Waals surface area contributed by atoms with Crippen LogP contribution in [0.25, 0.3) is 0 Å². The number of hydrogen-bond acceptors (Lipinski definition) is 10. The van der Waals surface area contributed by atoms with E-state index in [4.69, 9.17) is 18.9 Å². The number of ether oxygens (including phenoxy) is 4. The number of carbonyl (C=O) groups excluding carboxylic acids is 2. The maximum Gasteiger partial charge on any atom is 0.306 e. The van der Waals surface area contributed by atoms with Gasteiger partial charge in [-0.1, -0.05) is 65.2 Å². The third-order valence-electron chi connectivity index (χ3n) is 5.99. The van der Waals surface area contributed by atoms with Crippen molar-refractivity contribution in [3.63, 3.8) is 0 Å². The summed E-state index contributed by atoms with van der Waals surface area (Å²) in [5.74, 6) is -0.838. The van der Waals surface area contributed by atoms with Gasteiger partial charge in [-0.05, 0) is 12.8 Å². The van der Waals surface area contributed by atoms with Gasteiger partial charge in [-0.25, -0.2) is 0 Å². The van der Waals surface area contributed by atoms with Gasteiger partial charge in [0.2, 0.25) is 0 Å². The van der Waals surface area contributed by atoms with Crippen LogP contribution in [0.2, 0.25) is 0 Å². The van der Waals surface area contributed by atoms with Crippen molar-refractivity contribution in [2.75, 3.05) is 19.8 Å². The molecule has 1 aliphatic heterocycles. The van der Waals surface area contributed by atoms with E-state index in [0.29, 0.717) is 6.42 Å². The van der Waals surface area contributed by atoms with E-state index in [2.05, 4.69) is 13.8 Å². The monoisotopic (exact) mass is 506 g/mol. The van der Waals surface area contributed by atoms with Crippen molar-refractivity contribution < 1.29 is 49.0 Å². The highest BCUT2D eigenvalue weighted by molar-refractivity contribution is 5.70. The normalized spacial score (nSPS) is 25.3. The van der Waals surface area contributed by atoms with Gasteiger partial charge < -0.3 is 39.4 Å². The van der Waals surface area contributed by atoms with E-state index in [9.17, 15) is 30.0 Å². The molecule has 10 heteroatoms. The van der Waals surface area contributed by atoms with E-state index < -0.39 is 55.4 Å². The molecule has 0 spiro atoms. The Balaban J connectivity index is 2.58. The summed E-state index contributed by atoms with van der Waals surface area (Å²) in [6.07, 6.45) is 2.26. The van der Waals surface area contributed by atoms with Crippen molar-refractivity contribution >= 4 is 11.9 Å². The number of carbonyl (C=O) groups is 2. The molecule has 6 atom stereocenters. The second-order valence-corrected chi connectivity index (χ2v) is 9.15. The molecule has 1 heterocycles. The summed E-state index contributed by atoms with van der Waals surface area (Å²) in [7, 11) is 0. The molecular formula is C25H46O10. The molecule has 1 saturated heterocycles. The minimum Gasteiger partial charge on any atom is -0.462 e. The smallest absolute Gasteiger partial charge is 0.306 e. The van der Waals surface area contributed by atoms with Gasteiger partial charge in [-0.2, -0.15) is 0 Å². The number of aliphatic hydroxyl groups excluding tert-OH is 4. The molecule has 1 rings (SSSR count). The lowest BCUT2D eigenvalue weighted by molar-refractivity contribution is -0.305. The molecule has 0 aromatic rings. The van der Waals surface area contributed by atoms with Crippen molar-refractivity contribution in [1.82, 2.24) is 0 Å². The number of esters is 2. The molecule has 0 unspecified atom stereocenters. The minimum absolute atomic E-state index is 0.215. The standard InChI is InChI=1S/C25H46O10/c1-3-5-7-9-11-13-20(27)32-16-18(34-21(28)14-12-10-8-6-4-2)17-33-25-24(31)23(30)22(29)19(15-26)35-25/h18-19,22-26,29-31H,3-17H2,1-2H3/t18-,19-,22+,23+,24-,25-/m1/s1. The molecule has 0 radical (unpaired) electrons. The van der Waals surface area contributed by atoms with Gasteiger partial charge in [0.1, 0.15) is 31.0 Å². The average molecular weight is 507 g/mol. The molecule has 0 aromatic heterocycles. The van der Waals surface area contributed by atoms with Crippen molar-refractivity contribution in [2.45, 2.75) is 128 Å². The SMILES string of the molecule is CCCCCCCC(=O)OC[C@H](CO[C@@H]1O[C@H](CO)[C@H](O)[C@H](O)[C@H]1O)OC(=O)CCCCCCC. The van der Waals surface area contributed by atoms with Gasteiger partial charge in [-0.3, -0.25) is 9.59 Å². The van der Waals surface area contributed by atoms with Gasteiger partial charge in [-0.15, -0.1) is 0 Å². The maximum atomic E-state index is 12.3. The zero-order valence-corrected chi connectivity index (χ0v) is 21.3. The van der Waals surface area contributed by atoms with Gasteiger partial charge in [0.25, 0.3) is 0 Å². The fourth-order valence-electron chi connectivity index (χ4n) is 3.77. The third kappa shape index (κ3) is 13.0. The van der Waals surface area contributed by atoms with Gasteiger partial charge in [0.15, 0.2) is 12.4 Å². The molecule has 0 saturated carbocycles. The summed E-state index contributed by atoms with van der Waals surface area (Å²) in [4.78, 5) is 24.4. The predicted octanol–water partition coefficient (Wildman–Crippen LogP) is 1.98. The Morgan fingerprint density at radius 1 is 0.771 bits per heavy atom. The van der Waals surface area contributed by atoms with Crippen LogP contribution < -0.4 is 0 Å². The summed E-state index contributed by atoms with van der Waals surface area (Å²) in [5, 5.41) is 39.3. The highest BCUT2D eigenvalue weighted by atomic mass is 16.7. The second-order valence-electron chi connectivity index (χ2n) is 9.15. The van der Waals surface area contributed by atoms with Crippen LogP contribution in [0.15, 0.2) is 0 Å². The van der Waals surface area contributed by atoms with Crippen LogP contribution >= 0.6 is 0 Å². The van der Waals surface area contributed by atoms with E-state index in [0.717, 1.165) is 57.8 Å². The first-order valence-electron chi connectivity index (χ1n) is 13.1. The Morgan fingerprint density at radius 3 is 1.91 bits per heavy atom. The Labute approximate surface area is 208 Å². The molecule has 0 bridgehead atoms. The molecule has 4 N–H and O–H groups in total. The van der Waals surface area contributed by atoms with Crippen LogP contribution in [-0.2, 0) is 28.5 Å². The lowest BCUT2D eigenvalue weighted by Crippen LogP contribution is -2.59. The van der Waals surface area contributed by atoms with Gasteiger partial charge >= 0.3 is 11.9 Å². The molecule has 1 aliphatic rings. The first-order chi connectivity index (χ1) is 16.8. The molecule has 35 heavy (non-hydrogen) atoms. The predicted molar refractivity (Wildman–Crippen MR) is 127 cm³/mol. The first-order valence-corrected chi connectivity index (χ1v) is 13.1. The summed E-state index contributed by atoms with van der Waals surface area (Å²) in [5.41, 5.74) is 0. The fourth-order valence-corrected chi connectivity index (χ4v) is 3.77. The quantitative estimate of drug-likeness (QED) is 0.151. The summed E-state index contributed by atoms with van der Waals surface area (Å²) in [6, 6.07) is 0. The summed E-state index contributed by atoms with van der Waals surface area (Å²) in [6.45, 7) is 3.16. The summed E-state index contributed by atoms with van der Waals surface area (Å²) < 4.78 is 21.6. The van der Waals surface area contributed by atoms with E-state index >= 15 is 0 Å². The number of aliphatic hydroxyl groups is 4. The Kier molecular flexibility index (Phi) is 17.1. The van der Waals surface area contributed by atoms with Crippen LogP contribution in [0.4, 0.5) is 0 Å². The maximum absolute atomic E-state index is 12.3.